The molecule has 0 amide bonds. The van der Waals surface area contributed by atoms with Crippen molar-refractivity contribution >= 4 is 17.3 Å². The van der Waals surface area contributed by atoms with Crippen LogP contribution in [-0.2, 0) is 0 Å². The molecule has 1 rings (SSSR count). The smallest absolute Gasteiger partial charge is 0.224 e. The summed E-state index contributed by atoms with van der Waals surface area (Å²) in [5, 5.41) is 11.1. The number of aromatic nitrogens is 1. The largest absolute Gasteiger partial charge is 0.383 e. The molecule has 64 valence electrons. The van der Waals surface area contributed by atoms with E-state index in [2.05, 4.69) is 10.2 Å². The summed E-state index contributed by atoms with van der Waals surface area (Å²) in [6.45, 7) is 1.71. The van der Waals surface area contributed by atoms with Crippen molar-refractivity contribution in [2.45, 2.75) is 6.92 Å². The Balaban J connectivity index is 3.28. The molecule has 6 heteroatoms. The fourth-order valence-corrected chi connectivity index (χ4v) is 0.769. The van der Waals surface area contributed by atoms with Crippen molar-refractivity contribution in [3.63, 3.8) is 0 Å². The third-order valence-corrected chi connectivity index (χ3v) is 1.44. The topological polar surface area (TPSA) is 101 Å². The first kappa shape index (κ1) is 8.41. The second kappa shape index (κ2) is 3.14. The molecule has 0 saturated heterocycles. The Morgan fingerprint density at radius 3 is 2.92 bits per heavy atom. The lowest BCUT2D eigenvalue weighted by atomic mass is 10.2. The maximum absolute atomic E-state index is 10.1. The quantitative estimate of drug-likeness (QED) is 0.454. The highest BCUT2D eigenvalue weighted by atomic mass is 16.5. The highest BCUT2D eigenvalue weighted by Gasteiger charge is 2.06. The van der Waals surface area contributed by atoms with Gasteiger partial charge < -0.3 is 5.73 Å². The van der Waals surface area contributed by atoms with Crippen molar-refractivity contribution in [1.82, 2.24) is 4.98 Å². The van der Waals surface area contributed by atoms with Crippen LogP contribution in [0.1, 0.15) is 5.56 Å². The van der Waals surface area contributed by atoms with Gasteiger partial charge in [-0.25, -0.2) is 4.98 Å². The second-order valence-electron chi connectivity index (χ2n) is 2.26. The Labute approximate surface area is 68.3 Å². The van der Waals surface area contributed by atoms with Gasteiger partial charge in [0.25, 0.3) is 0 Å². The van der Waals surface area contributed by atoms with Gasteiger partial charge in [-0.15, -0.1) is 4.91 Å². The van der Waals surface area contributed by atoms with Crippen LogP contribution in [0, 0.1) is 11.8 Å². The number of rotatable bonds is 2. The molecule has 0 aliphatic heterocycles. The van der Waals surface area contributed by atoms with Crippen LogP contribution in [0.3, 0.4) is 0 Å². The molecule has 6 nitrogen and oxygen atoms in total. The number of hydrogen-bond donors (Lipinski definition) is 3. The number of nitrogens with zero attached hydrogens (tertiary/aromatic N) is 2. The van der Waals surface area contributed by atoms with E-state index in [1.54, 1.807) is 12.4 Å². The van der Waals surface area contributed by atoms with Gasteiger partial charge in [-0.1, -0.05) is 0 Å². The molecule has 1 aromatic heterocycles. The lowest BCUT2D eigenvalue weighted by Crippen LogP contribution is -1.98. The van der Waals surface area contributed by atoms with Crippen molar-refractivity contribution in [3.8, 4) is 0 Å². The van der Waals surface area contributed by atoms with E-state index < -0.39 is 0 Å². The summed E-state index contributed by atoms with van der Waals surface area (Å²) < 4.78 is 0. The van der Waals surface area contributed by atoms with Crippen LogP contribution >= 0.6 is 0 Å². The van der Waals surface area contributed by atoms with E-state index in [1.165, 1.54) is 6.07 Å². The Bertz CT molecular complexity index is 313. The van der Waals surface area contributed by atoms with Crippen molar-refractivity contribution in [2.75, 3.05) is 11.2 Å². The predicted molar refractivity (Wildman–Crippen MR) is 44.3 cm³/mol. The summed E-state index contributed by atoms with van der Waals surface area (Å²) in [6, 6.07) is 1.49. The first-order valence-electron chi connectivity index (χ1n) is 3.19. The van der Waals surface area contributed by atoms with E-state index in [4.69, 9.17) is 10.9 Å². The molecular formula is C6H8N4O2. The van der Waals surface area contributed by atoms with Crippen LogP contribution in [-0.4, -0.2) is 10.2 Å². The Morgan fingerprint density at radius 1 is 1.75 bits per heavy atom. The number of nitrogens with two attached hydrogens (primary N) is 1. The molecule has 0 aliphatic rings. The van der Waals surface area contributed by atoms with Crippen LogP contribution < -0.4 is 11.2 Å². The molecule has 0 saturated carbocycles. The maximum atomic E-state index is 10.1. The van der Waals surface area contributed by atoms with Gasteiger partial charge >= 0.3 is 0 Å². The van der Waals surface area contributed by atoms with Crippen molar-refractivity contribution < 1.29 is 5.21 Å². The summed E-state index contributed by atoms with van der Waals surface area (Å²) in [6.07, 6.45) is 0. The molecule has 0 unspecified atom stereocenters. The summed E-state index contributed by atoms with van der Waals surface area (Å²) in [5.74, 6) is 0.0733. The molecule has 0 aromatic carbocycles. The number of nitrogen functional groups attached to an aromatic ring is 1. The molecular weight excluding hydrogens is 160 g/mol. The number of anilines is 2. The maximum Gasteiger partial charge on any atom is 0.224 e. The summed E-state index contributed by atoms with van der Waals surface area (Å²) in [4.78, 5) is 13.8. The summed E-state index contributed by atoms with van der Waals surface area (Å²) >= 11 is 0. The Kier molecular flexibility index (Phi) is 2.20. The van der Waals surface area contributed by atoms with Crippen LogP contribution in [0.5, 0.6) is 0 Å². The van der Waals surface area contributed by atoms with E-state index in [-0.39, 0.29) is 17.3 Å². The van der Waals surface area contributed by atoms with Gasteiger partial charge in [0.2, 0.25) is 5.82 Å². The highest BCUT2D eigenvalue weighted by Crippen LogP contribution is 2.25. The van der Waals surface area contributed by atoms with E-state index >= 15 is 0 Å². The van der Waals surface area contributed by atoms with Crippen molar-refractivity contribution in [3.05, 3.63) is 16.5 Å². The molecule has 4 N–H and O–H groups in total. The number of aryl methyl sites for hydroxylation is 1. The Morgan fingerprint density at radius 2 is 2.42 bits per heavy atom. The standard InChI is InChI=1S/C6H8N4O2/c1-3-2-4(9-11)6(10-12)8-5(3)7/h2,9,11H,1H3,(H2,7,8). The van der Waals surface area contributed by atoms with Crippen molar-refractivity contribution in [2.24, 2.45) is 5.18 Å². The minimum atomic E-state index is -0.152. The van der Waals surface area contributed by atoms with Crippen LogP contribution in [0.25, 0.3) is 0 Å². The van der Waals surface area contributed by atoms with Crippen LogP contribution in [0.2, 0.25) is 0 Å². The fourth-order valence-electron chi connectivity index (χ4n) is 0.769. The molecule has 0 aliphatic carbocycles. The first-order valence-corrected chi connectivity index (χ1v) is 3.19. The molecule has 1 heterocycles. The highest BCUT2D eigenvalue weighted by molar-refractivity contribution is 5.64. The lowest BCUT2D eigenvalue weighted by molar-refractivity contribution is 0.389. The lowest BCUT2D eigenvalue weighted by Gasteiger charge is -2.03. The normalized spacial score (nSPS) is 9.50. The third kappa shape index (κ3) is 1.32. The molecule has 0 spiro atoms. The summed E-state index contributed by atoms with van der Waals surface area (Å²) in [7, 11) is 0. The van der Waals surface area contributed by atoms with Crippen molar-refractivity contribution in [1.29, 1.82) is 0 Å². The van der Waals surface area contributed by atoms with Gasteiger partial charge in [-0.2, -0.15) is 0 Å². The molecule has 0 fully saturated rings. The van der Waals surface area contributed by atoms with Gasteiger partial charge in [0, 0.05) is 0 Å². The zero-order chi connectivity index (χ0) is 9.14. The van der Waals surface area contributed by atoms with Gasteiger partial charge in [-0.3, -0.25) is 10.7 Å². The minimum absolute atomic E-state index is 0.150. The predicted octanol–water partition coefficient (Wildman–Crippen LogP) is 1.17. The van der Waals surface area contributed by atoms with E-state index in [0.717, 1.165) is 0 Å². The summed E-state index contributed by atoms with van der Waals surface area (Å²) in [5.41, 5.74) is 8.02. The molecule has 12 heavy (non-hydrogen) atoms. The van der Waals surface area contributed by atoms with E-state index in [9.17, 15) is 4.91 Å². The monoisotopic (exact) mass is 168 g/mol. The number of nitroso groups, excluding NO2 is 1. The van der Waals surface area contributed by atoms with Gasteiger partial charge in [0.1, 0.15) is 11.5 Å². The molecule has 0 bridgehead atoms. The Hall–Kier alpha value is -1.69. The van der Waals surface area contributed by atoms with Gasteiger partial charge in [0.15, 0.2) is 0 Å². The van der Waals surface area contributed by atoms with Crippen LogP contribution in [0.15, 0.2) is 11.2 Å². The molecule has 0 atom stereocenters. The zero-order valence-electron chi connectivity index (χ0n) is 6.40. The SMILES string of the molecule is Cc1cc(NO)c(N=O)nc1N. The fraction of sp³-hybridized carbons (Fsp3) is 0.167. The number of pyridine rings is 1. The minimum Gasteiger partial charge on any atom is -0.383 e. The second-order valence-corrected chi connectivity index (χ2v) is 2.26. The number of nitrogens with one attached hydrogen (secondary N) is 1. The molecule has 0 radical (unpaired) electrons. The third-order valence-electron chi connectivity index (χ3n) is 1.44. The van der Waals surface area contributed by atoms with E-state index in [0.29, 0.717) is 5.56 Å². The average Bonchev–Trinajstić information content (AvgIpc) is 2.09. The number of hydrogen-bond acceptors (Lipinski definition) is 6. The van der Waals surface area contributed by atoms with E-state index in [1.807, 2.05) is 0 Å². The first-order chi connectivity index (χ1) is 5.69. The average molecular weight is 168 g/mol. The zero-order valence-corrected chi connectivity index (χ0v) is 6.40. The van der Waals surface area contributed by atoms with Gasteiger partial charge in [0.05, 0.1) is 0 Å². The molecule has 1 aromatic rings. The van der Waals surface area contributed by atoms with Gasteiger partial charge in [-0.05, 0) is 23.7 Å². The van der Waals surface area contributed by atoms with Crippen LogP contribution in [0.4, 0.5) is 17.3 Å².